The molecular formula is C35H43N5O2. The smallest absolute Gasteiger partial charge is 0.407 e. The number of amides is 1. The summed E-state index contributed by atoms with van der Waals surface area (Å²) >= 11 is 0. The van der Waals surface area contributed by atoms with Gasteiger partial charge in [0.2, 0.25) is 0 Å². The molecule has 7 nitrogen and oxygen atoms in total. The van der Waals surface area contributed by atoms with Crippen molar-refractivity contribution in [2.75, 3.05) is 44.7 Å². The lowest BCUT2D eigenvalue weighted by Crippen LogP contribution is -2.55. The maximum Gasteiger partial charge on any atom is 0.407 e. The fraction of sp³-hybridized carbons (Fsp3) is 0.486. The number of piperidine rings is 1. The van der Waals surface area contributed by atoms with Gasteiger partial charge in [0.05, 0.1) is 6.57 Å². The zero-order chi connectivity index (χ0) is 28.9. The number of ether oxygens (including phenoxy) is 1. The summed E-state index contributed by atoms with van der Waals surface area (Å²) < 4.78 is 8.43. The molecule has 1 saturated carbocycles. The normalized spacial score (nSPS) is 23.1. The highest BCUT2D eigenvalue weighted by molar-refractivity contribution is 5.67. The first-order valence-corrected chi connectivity index (χ1v) is 15.6. The molecule has 1 aromatic heterocycles. The summed E-state index contributed by atoms with van der Waals surface area (Å²) in [6.07, 6.45) is 9.36. The summed E-state index contributed by atoms with van der Waals surface area (Å²) in [4.78, 5) is 21.1. The Hall–Kier alpha value is -3.76. The number of hydrogen-bond acceptors (Lipinski definition) is 4. The van der Waals surface area contributed by atoms with Gasteiger partial charge >= 0.3 is 6.09 Å². The number of carbonyl (C=O) groups excluding carboxylic acids is 1. The molecule has 3 fully saturated rings. The van der Waals surface area contributed by atoms with E-state index in [4.69, 9.17) is 11.3 Å². The summed E-state index contributed by atoms with van der Waals surface area (Å²) in [5.41, 5.74) is 3.19. The van der Waals surface area contributed by atoms with E-state index in [9.17, 15) is 4.79 Å². The number of benzene rings is 2. The fourth-order valence-corrected chi connectivity index (χ4v) is 8.10. The van der Waals surface area contributed by atoms with Gasteiger partial charge in [-0.25, -0.2) is 9.64 Å². The zero-order valence-electron chi connectivity index (χ0n) is 24.7. The van der Waals surface area contributed by atoms with E-state index in [-0.39, 0.29) is 23.5 Å². The number of nitrogens with zero attached hydrogens (tertiary/aromatic N) is 4. The van der Waals surface area contributed by atoms with Crippen molar-refractivity contribution < 1.29 is 9.53 Å². The number of carbonyl (C=O) groups is 1. The maximum atomic E-state index is 12.4. The number of aromatic nitrogens is 1. The predicted octanol–water partition coefficient (Wildman–Crippen LogP) is 6.35. The van der Waals surface area contributed by atoms with E-state index >= 15 is 0 Å². The predicted molar refractivity (Wildman–Crippen MR) is 167 cm³/mol. The second kappa shape index (κ2) is 12.6. The van der Waals surface area contributed by atoms with Crippen LogP contribution in [-0.2, 0) is 16.7 Å². The number of rotatable bonds is 9. The van der Waals surface area contributed by atoms with E-state index in [2.05, 4.69) is 91.5 Å². The molecule has 6 rings (SSSR count). The number of likely N-dealkylation sites (tertiary alicyclic amines) is 1. The molecule has 3 heterocycles. The Balaban J connectivity index is 1.18. The van der Waals surface area contributed by atoms with E-state index < -0.39 is 0 Å². The van der Waals surface area contributed by atoms with Crippen LogP contribution in [0.3, 0.4) is 0 Å². The van der Waals surface area contributed by atoms with Crippen LogP contribution in [0.1, 0.15) is 37.7 Å². The number of nitrogens with one attached hydrogen (secondary N) is 1. The van der Waals surface area contributed by atoms with Gasteiger partial charge in [-0.05, 0) is 80.9 Å². The molecule has 7 heteroatoms. The number of anilines is 1. The van der Waals surface area contributed by atoms with Gasteiger partial charge < -0.3 is 24.4 Å². The highest BCUT2D eigenvalue weighted by Gasteiger charge is 2.52. The van der Waals surface area contributed by atoms with Crippen LogP contribution in [0.25, 0.3) is 4.85 Å². The third kappa shape index (κ3) is 5.78. The molecule has 42 heavy (non-hydrogen) atoms. The Morgan fingerprint density at radius 3 is 2.36 bits per heavy atom. The van der Waals surface area contributed by atoms with Crippen LogP contribution in [0.5, 0.6) is 0 Å². The molecule has 3 aromatic rings. The minimum Gasteiger partial charge on any atom is -0.446 e. The standard InChI is InChI=1S/C35H43N5O2/c1-36-30-13-15-31(16-14-30)40-24-27(25-40)23-38-21-17-29(18-22-38)35(26-39-19-6-7-20-39,28-9-4-3-5-10-28)32-11-8-12-33(32)42-34(41)37-2/h3-7,9-10,13-16,19-20,27,29,32-33H,8,11-12,17-18,21-26H2,2H3,(H,37,41)/t32-,33-,35?/m1/s1. The van der Waals surface area contributed by atoms with E-state index in [1.54, 1.807) is 7.05 Å². The van der Waals surface area contributed by atoms with Crippen molar-refractivity contribution in [2.45, 2.75) is 50.2 Å². The van der Waals surface area contributed by atoms with Crippen molar-refractivity contribution in [3.05, 3.63) is 96.1 Å². The Bertz CT molecular complexity index is 1340. The SMILES string of the molecule is [C-]#[N+]c1ccc(N2CC(CN3CCC(C(Cn4cccc4)(c4ccccc4)[C@@H]4CCC[C@H]4OC(=O)NC)CC3)C2)cc1. The maximum absolute atomic E-state index is 12.4. The molecule has 2 saturated heterocycles. The molecule has 0 radical (unpaired) electrons. The van der Waals surface area contributed by atoms with E-state index in [0.29, 0.717) is 17.5 Å². The van der Waals surface area contributed by atoms with Gasteiger partial charge in [0.25, 0.3) is 0 Å². The summed E-state index contributed by atoms with van der Waals surface area (Å²) in [6, 6.07) is 23.3. The van der Waals surface area contributed by atoms with Gasteiger partial charge in [-0.3, -0.25) is 0 Å². The molecule has 2 aromatic carbocycles. The number of alkyl carbamates (subject to hydrolysis) is 1. The lowest BCUT2D eigenvalue weighted by atomic mass is 9.58. The average molecular weight is 566 g/mol. The third-order valence-corrected chi connectivity index (χ3v) is 10.1. The Morgan fingerprint density at radius 2 is 1.69 bits per heavy atom. The molecule has 1 unspecified atom stereocenters. The molecular weight excluding hydrogens is 522 g/mol. The van der Waals surface area contributed by atoms with Crippen LogP contribution in [-0.4, -0.2) is 61.4 Å². The Morgan fingerprint density at radius 1 is 0.976 bits per heavy atom. The summed E-state index contributed by atoms with van der Waals surface area (Å²) in [5, 5.41) is 2.69. The van der Waals surface area contributed by atoms with Crippen molar-refractivity contribution in [1.82, 2.24) is 14.8 Å². The minimum absolute atomic E-state index is 0.0800. The second-order valence-corrected chi connectivity index (χ2v) is 12.5. The number of hydrogen-bond donors (Lipinski definition) is 1. The summed E-state index contributed by atoms with van der Waals surface area (Å²) in [5.74, 6) is 1.45. The lowest BCUT2D eigenvalue weighted by molar-refractivity contribution is 0.00209. The largest absolute Gasteiger partial charge is 0.446 e. The van der Waals surface area contributed by atoms with Crippen molar-refractivity contribution in [3.8, 4) is 0 Å². The molecule has 3 atom stereocenters. The van der Waals surface area contributed by atoms with Crippen LogP contribution in [0.15, 0.2) is 79.1 Å². The van der Waals surface area contributed by atoms with E-state index in [0.717, 1.165) is 71.4 Å². The van der Waals surface area contributed by atoms with Gasteiger partial charge in [0.15, 0.2) is 5.69 Å². The lowest BCUT2D eigenvalue weighted by Gasteiger charge is -2.51. The average Bonchev–Trinajstić information content (AvgIpc) is 3.71. The van der Waals surface area contributed by atoms with E-state index in [1.807, 2.05) is 12.1 Å². The van der Waals surface area contributed by atoms with Gasteiger partial charge in [0, 0.05) is 68.6 Å². The van der Waals surface area contributed by atoms with Gasteiger partial charge in [-0.15, -0.1) is 0 Å². The Kier molecular flexibility index (Phi) is 8.53. The highest BCUT2D eigenvalue weighted by Crippen LogP contribution is 2.52. The van der Waals surface area contributed by atoms with Crippen molar-refractivity contribution in [3.63, 3.8) is 0 Å². The van der Waals surface area contributed by atoms with Crippen molar-refractivity contribution in [1.29, 1.82) is 0 Å². The molecule has 3 aliphatic rings. The first-order chi connectivity index (χ1) is 20.6. The molecule has 1 amide bonds. The quantitative estimate of drug-likeness (QED) is 0.307. The van der Waals surface area contributed by atoms with Gasteiger partial charge in [-0.2, -0.15) is 0 Å². The highest BCUT2D eigenvalue weighted by atomic mass is 16.6. The third-order valence-electron chi connectivity index (χ3n) is 10.1. The van der Waals surface area contributed by atoms with Crippen LogP contribution >= 0.6 is 0 Å². The van der Waals surface area contributed by atoms with Gasteiger partial charge in [-0.1, -0.05) is 42.5 Å². The van der Waals surface area contributed by atoms with Crippen LogP contribution < -0.4 is 10.2 Å². The fourth-order valence-electron chi connectivity index (χ4n) is 8.10. The molecule has 0 spiro atoms. The Labute approximate surface area is 250 Å². The minimum atomic E-state index is -0.318. The first kappa shape index (κ1) is 28.4. The summed E-state index contributed by atoms with van der Waals surface area (Å²) in [6.45, 7) is 13.6. The van der Waals surface area contributed by atoms with Crippen LogP contribution in [0.2, 0.25) is 0 Å². The molecule has 1 aliphatic carbocycles. The van der Waals surface area contributed by atoms with Crippen molar-refractivity contribution in [2.24, 2.45) is 17.8 Å². The van der Waals surface area contributed by atoms with Crippen LogP contribution in [0.4, 0.5) is 16.2 Å². The van der Waals surface area contributed by atoms with Crippen LogP contribution in [0, 0.1) is 24.3 Å². The van der Waals surface area contributed by atoms with E-state index in [1.165, 1.54) is 11.3 Å². The second-order valence-electron chi connectivity index (χ2n) is 12.5. The monoisotopic (exact) mass is 565 g/mol. The summed E-state index contributed by atoms with van der Waals surface area (Å²) in [7, 11) is 1.65. The molecule has 0 bridgehead atoms. The zero-order valence-corrected chi connectivity index (χ0v) is 24.7. The molecule has 1 N–H and O–H groups in total. The van der Waals surface area contributed by atoms with Crippen molar-refractivity contribution >= 4 is 17.5 Å². The molecule has 2 aliphatic heterocycles. The topological polar surface area (TPSA) is 54.1 Å². The molecule has 220 valence electrons. The van der Waals surface area contributed by atoms with Gasteiger partial charge in [0.1, 0.15) is 6.10 Å². The first-order valence-electron chi connectivity index (χ1n) is 15.6.